The summed E-state index contributed by atoms with van der Waals surface area (Å²) in [6, 6.07) is 0.0489. The minimum absolute atomic E-state index is 0.0489. The molecule has 4 nitrogen and oxygen atoms in total. The minimum atomic E-state index is -0.314. The molecule has 0 saturated carbocycles. The summed E-state index contributed by atoms with van der Waals surface area (Å²) in [7, 11) is 0. The number of hydrogen-bond acceptors (Lipinski definition) is 3. The summed E-state index contributed by atoms with van der Waals surface area (Å²) in [5, 5.41) is 13.3. The molecule has 18 heavy (non-hydrogen) atoms. The summed E-state index contributed by atoms with van der Waals surface area (Å²) in [6.45, 7) is 4.13. The summed E-state index contributed by atoms with van der Waals surface area (Å²) in [6.07, 6.45) is 4.22. The van der Waals surface area contributed by atoms with Crippen molar-refractivity contribution >= 4 is 17.8 Å². The van der Waals surface area contributed by atoms with Crippen LogP contribution < -0.4 is 5.32 Å². The Kier molecular flexibility index (Phi) is 5.18. The second-order valence-corrected chi connectivity index (χ2v) is 6.82. The number of carbonyl (C=O) groups is 1. The van der Waals surface area contributed by atoms with Gasteiger partial charge in [0.15, 0.2) is 0 Å². The fraction of sp³-hybridized carbons (Fsp3) is 0.923. The van der Waals surface area contributed by atoms with Gasteiger partial charge in [0.1, 0.15) is 0 Å². The van der Waals surface area contributed by atoms with E-state index >= 15 is 0 Å². The monoisotopic (exact) mass is 272 g/mol. The van der Waals surface area contributed by atoms with Crippen molar-refractivity contribution in [2.75, 3.05) is 25.4 Å². The highest BCUT2D eigenvalue weighted by atomic mass is 32.2. The van der Waals surface area contributed by atoms with Crippen molar-refractivity contribution < 1.29 is 9.90 Å². The first-order valence-corrected chi connectivity index (χ1v) is 8.04. The molecule has 0 radical (unpaired) electrons. The molecule has 0 spiro atoms. The third kappa shape index (κ3) is 3.79. The largest absolute Gasteiger partial charge is 0.393 e. The van der Waals surface area contributed by atoms with Gasteiger partial charge >= 0.3 is 6.03 Å². The maximum Gasteiger partial charge on any atom is 0.317 e. The summed E-state index contributed by atoms with van der Waals surface area (Å²) in [5.74, 6) is 1.47. The van der Waals surface area contributed by atoms with Gasteiger partial charge in [-0.1, -0.05) is 0 Å². The van der Waals surface area contributed by atoms with Gasteiger partial charge in [-0.15, -0.1) is 0 Å². The molecule has 2 amide bonds. The molecular weight excluding hydrogens is 248 g/mol. The van der Waals surface area contributed by atoms with Crippen LogP contribution in [0.25, 0.3) is 0 Å². The first-order valence-electron chi connectivity index (χ1n) is 6.99. The second-order valence-electron chi connectivity index (χ2n) is 5.41. The zero-order valence-electron chi connectivity index (χ0n) is 11.1. The molecule has 5 heteroatoms. The van der Waals surface area contributed by atoms with E-state index in [0.717, 1.165) is 25.9 Å². The van der Waals surface area contributed by atoms with Crippen molar-refractivity contribution in [3.05, 3.63) is 0 Å². The molecule has 0 aromatic heterocycles. The first kappa shape index (κ1) is 14.0. The molecular formula is C13H24N2O2S. The topological polar surface area (TPSA) is 52.6 Å². The number of carbonyl (C=O) groups excluding carboxylic acids is 1. The van der Waals surface area contributed by atoms with Crippen LogP contribution in [-0.4, -0.2) is 52.8 Å². The van der Waals surface area contributed by atoms with E-state index in [2.05, 4.69) is 5.32 Å². The second kappa shape index (κ2) is 6.66. The van der Waals surface area contributed by atoms with Crippen molar-refractivity contribution in [1.29, 1.82) is 0 Å². The molecule has 2 aliphatic heterocycles. The third-order valence-corrected chi connectivity index (χ3v) is 5.33. The Morgan fingerprint density at radius 2 is 2.33 bits per heavy atom. The zero-order chi connectivity index (χ0) is 13.0. The Balaban J connectivity index is 1.73. The molecule has 0 aromatic rings. The maximum absolute atomic E-state index is 12.0. The van der Waals surface area contributed by atoms with Crippen LogP contribution in [0.3, 0.4) is 0 Å². The minimum Gasteiger partial charge on any atom is -0.393 e. The van der Waals surface area contributed by atoms with Crippen molar-refractivity contribution in [2.24, 2.45) is 5.92 Å². The number of rotatable bonds is 3. The van der Waals surface area contributed by atoms with E-state index in [4.69, 9.17) is 0 Å². The molecule has 0 bridgehead atoms. The van der Waals surface area contributed by atoms with E-state index < -0.39 is 0 Å². The number of piperidine rings is 1. The number of nitrogens with zero attached hydrogens (tertiary/aromatic N) is 1. The van der Waals surface area contributed by atoms with Gasteiger partial charge in [-0.2, -0.15) is 11.8 Å². The molecule has 0 aromatic carbocycles. The van der Waals surface area contributed by atoms with Crippen LogP contribution in [0.15, 0.2) is 0 Å². The lowest BCUT2D eigenvalue weighted by molar-refractivity contribution is 0.0740. The molecule has 3 unspecified atom stereocenters. The van der Waals surface area contributed by atoms with Crippen molar-refractivity contribution in [1.82, 2.24) is 10.2 Å². The van der Waals surface area contributed by atoms with Crippen LogP contribution in [0.5, 0.6) is 0 Å². The van der Waals surface area contributed by atoms with Gasteiger partial charge in [0.2, 0.25) is 0 Å². The standard InChI is InChI=1S/C13H24N2O2S/c1-10(16)11-4-2-6-15(9-11)13(17)14-8-12-5-3-7-18-12/h10-12,16H,2-9H2,1H3,(H,14,17). The molecule has 2 heterocycles. The Morgan fingerprint density at radius 1 is 1.50 bits per heavy atom. The molecule has 2 fully saturated rings. The SMILES string of the molecule is CC(O)C1CCCN(C(=O)NCC2CCCS2)C1. The normalized spacial score (nSPS) is 30.2. The predicted octanol–water partition coefficient (Wildman–Crippen LogP) is 1.68. The van der Waals surface area contributed by atoms with Crippen molar-refractivity contribution in [3.63, 3.8) is 0 Å². The van der Waals surface area contributed by atoms with E-state index in [1.165, 1.54) is 18.6 Å². The number of hydrogen-bond donors (Lipinski definition) is 2. The van der Waals surface area contributed by atoms with E-state index in [-0.39, 0.29) is 18.1 Å². The average molecular weight is 272 g/mol. The Labute approximate surface area is 113 Å². The molecule has 2 rings (SSSR count). The number of nitrogens with one attached hydrogen (secondary N) is 1. The number of urea groups is 1. The molecule has 0 aliphatic carbocycles. The lowest BCUT2D eigenvalue weighted by Gasteiger charge is -2.34. The van der Waals surface area contributed by atoms with Crippen LogP contribution in [0.2, 0.25) is 0 Å². The Morgan fingerprint density at radius 3 is 3.00 bits per heavy atom. The van der Waals surface area contributed by atoms with Crippen LogP contribution in [0.4, 0.5) is 4.79 Å². The summed E-state index contributed by atoms with van der Waals surface area (Å²) in [5.41, 5.74) is 0. The average Bonchev–Trinajstić information content (AvgIpc) is 2.89. The molecule has 104 valence electrons. The van der Waals surface area contributed by atoms with Gasteiger partial charge in [0.25, 0.3) is 0 Å². The first-order chi connectivity index (χ1) is 8.66. The zero-order valence-corrected chi connectivity index (χ0v) is 11.9. The Bertz CT molecular complexity index is 280. The molecule has 2 N–H and O–H groups in total. The van der Waals surface area contributed by atoms with Gasteiger partial charge in [-0.25, -0.2) is 4.79 Å². The highest BCUT2D eigenvalue weighted by Gasteiger charge is 2.26. The molecule has 2 aliphatic rings. The van der Waals surface area contributed by atoms with E-state index in [0.29, 0.717) is 11.8 Å². The van der Waals surface area contributed by atoms with Crippen LogP contribution in [0, 0.1) is 5.92 Å². The van der Waals surface area contributed by atoms with Crippen LogP contribution in [-0.2, 0) is 0 Å². The molecule has 3 atom stereocenters. The van der Waals surface area contributed by atoms with Gasteiger partial charge in [-0.05, 0) is 38.4 Å². The van der Waals surface area contributed by atoms with Crippen LogP contribution in [0.1, 0.15) is 32.6 Å². The van der Waals surface area contributed by atoms with Crippen molar-refractivity contribution in [2.45, 2.75) is 44.0 Å². The lowest BCUT2D eigenvalue weighted by atomic mass is 9.94. The summed E-state index contributed by atoms with van der Waals surface area (Å²) >= 11 is 1.96. The van der Waals surface area contributed by atoms with E-state index in [9.17, 15) is 9.90 Å². The van der Waals surface area contributed by atoms with Gasteiger partial charge in [0.05, 0.1) is 6.10 Å². The molecule has 2 saturated heterocycles. The van der Waals surface area contributed by atoms with E-state index in [1.807, 2.05) is 23.6 Å². The third-order valence-electron chi connectivity index (χ3n) is 3.93. The fourth-order valence-electron chi connectivity index (χ4n) is 2.71. The Hall–Kier alpha value is -0.420. The van der Waals surface area contributed by atoms with Crippen molar-refractivity contribution in [3.8, 4) is 0 Å². The maximum atomic E-state index is 12.0. The number of aliphatic hydroxyl groups excluding tert-OH is 1. The number of aliphatic hydroxyl groups is 1. The van der Waals surface area contributed by atoms with Crippen LogP contribution >= 0.6 is 11.8 Å². The smallest absolute Gasteiger partial charge is 0.317 e. The summed E-state index contributed by atoms with van der Waals surface area (Å²) in [4.78, 5) is 13.9. The number of amides is 2. The fourth-order valence-corrected chi connectivity index (χ4v) is 3.91. The summed E-state index contributed by atoms with van der Waals surface area (Å²) < 4.78 is 0. The van der Waals surface area contributed by atoms with Gasteiger partial charge in [0, 0.05) is 30.8 Å². The van der Waals surface area contributed by atoms with Gasteiger partial charge in [-0.3, -0.25) is 0 Å². The quantitative estimate of drug-likeness (QED) is 0.822. The lowest BCUT2D eigenvalue weighted by Crippen LogP contribution is -2.48. The highest BCUT2D eigenvalue weighted by Crippen LogP contribution is 2.25. The number of likely N-dealkylation sites (tertiary alicyclic amines) is 1. The predicted molar refractivity (Wildman–Crippen MR) is 74.9 cm³/mol. The van der Waals surface area contributed by atoms with E-state index in [1.54, 1.807) is 0 Å². The van der Waals surface area contributed by atoms with Gasteiger partial charge < -0.3 is 15.3 Å². The number of thioether (sulfide) groups is 1. The highest BCUT2D eigenvalue weighted by molar-refractivity contribution is 8.00.